The lowest BCUT2D eigenvalue weighted by molar-refractivity contribution is 0.408. The van der Waals surface area contributed by atoms with E-state index < -0.39 is 0 Å². The van der Waals surface area contributed by atoms with Crippen LogP contribution in [-0.2, 0) is 20.0 Å². The SMILES string of the molecule is CC#Cc1cc(C)c(-c2c(O)n(Cc3ccn(C)n3)[nH]c2=O)c(CC)c1. The van der Waals surface area contributed by atoms with Crippen LogP contribution >= 0.6 is 0 Å². The van der Waals surface area contributed by atoms with Crippen LogP contribution in [0.3, 0.4) is 0 Å². The van der Waals surface area contributed by atoms with E-state index in [4.69, 9.17) is 0 Å². The zero-order valence-electron chi connectivity index (χ0n) is 15.4. The fraction of sp³-hybridized carbons (Fsp3) is 0.300. The largest absolute Gasteiger partial charge is 0.493 e. The summed E-state index contributed by atoms with van der Waals surface area (Å²) < 4.78 is 3.11. The number of hydrogen-bond acceptors (Lipinski definition) is 3. The number of benzene rings is 1. The van der Waals surface area contributed by atoms with E-state index in [1.807, 2.05) is 45.3 Å². The molecule has 0 aliphatic carbocycles. The molecule has 2 N–H and O–H groups in total. The van der Waals surface area contributed by atoms with E-state index in [9.17, 15) is 9.90 Å². The molecule has 0 unspecified atom stereocenters. The number of nitrogens with one attached hydrogen (secondary N) is 1. The molecule has 3 rings (SSSR count). The number of nitrogens with zero attached hydrogens (tertiary/aromatic N) is 3. The Hall–Kier alpha value is -3.20. The lowest BCUT2D eigenvalue weighted by Gasteiger charge is -2.11. The van der Waals surface area contributed by atoms with Crippen LogP contribution in [0.4, 0.5) is 0 Å². The van der Waals surface area contributed by atoms with Crippen molar-refractivity contribution in [3.05, 3.63) is 57.1 Å². The van der Waals surface area contributed by atoms with Crippen LogP contribution in [-0.4, -0.2) is 24.7 Å². The Morgan fingerprint density at radius 1 is 1.31 bits per heavy atom. The van der Waals surface area contributed by atoms with Gasteiger partial charge in [-0.3, -0.25) is 14.6 Å². The summed E-state index contributed by atoms with van der Waals surface area (Å²) in [7, 11) is 1.82. The summed E-state index contributed by atoms with van der Waals surface area (Å²) in [5, 5.41) is 17.7. The molecule has 1 aromatic carbocycles. The molecule has 0 atom stereocenters. The summed E-state index contributed by atoms with van der Waals surface area (Å²) >= 11 is 0. The van der Waals surface area contributed by atoms with E-state index in [0.29, 0.717) is 12.1 Å². The van der Waals surface area contributed by atoms with Crippen LogP contribution in [0.5, 0.6) is 5.88 Å². The van der Waals surface area contributed by atoms with Crippen LogP contribution in [0.2, 0.25) is 0 Å². The van der Waals surface area contributed by atoms with Gasteiger partial charge in [-0.05, 0) is 55.2 Å². The average Bonchev–Trinajstić information content (AvgIpc) is 3.12. The molecule has 3 aromatic rings. The first kappa shape index (κ1) is 17.6. The Morgan fingerprint density at radius 2 is 2.08 bits per heavy atom. The predicted octanol–water partition coefficient (Wildman–Crippen LogP) is 2.57. The maximum Gasteiger partial charge on any atom is 0.275 e. The van der Waals surface area contributed by atoms with E-state index in [2.05, 4.69) is 22.0 Å². The summed E-state index contributed by atoms with van der Waals surface area (Å²) in [6, 6.07) is 5.77. The number of aryl methyl sites for hydroxylation is 3. The zero-order chi connectivity index (χ0) is 18.8. The maximum atomic E-state index is 12.6. The van der Waals surface area contributed by atoms with E-state index in [-0.39, 0.29) is 11.4 Å². The molecular formula is C20H22N4O2. The van der Waals surface area contributed by atoms with E-state index in [1.165, 1.54) is 4.68 Å². The molecule has 2 aromatic heterocycles. The summed E-state index contributed by atoms with van der Waals surface area (Å²) in [6.07, 6.45) is 2.56. The van der Waals surface area contributed by atoms with Gasteiger partial charge < -0.3 is 5.11 Å². The number of aromatic amines is 1. The molecule has 134 valence electrons. The molecule has 6 nitrogen and oxygen atoms in total. The number of aromatic nitrogens is 4. The van der Waals surface area contributed by atoms with Gasteiger partial charge >= 0.3 is 0 Å². The highest BCUT2D eigenvalue weighted by Gasteiger charge is 2.21. The number of hydrogen-bond donors (Lipinski definition) is 2. The molecular weight excluding hydrogens is 328 g/mol. The quantitative estimate of drug-likeness (QED) is 0.710. The molecule has 0 saturated heterocycles. The van der Waals surface area contributed by atoms with Gasteiger partial charge in [-0.25, -0.2) is 4.68 Å². The van der Waals surface area contributed by atoms with Crippen molar-refractivity contribution in [3.8, 4) is 28.8 Å². The standard InChI is InChI=1S/C20H22N4O2/c1-5-7-14-10-13(3)17(15(6-2)11-14)18-19(25)22-24(20(18)26)12-16-8-9-23(4)21-16/h8-11,26H,6,12H2,1-4H3,(H,22,25). The third-order valence-electron chi connectivity index (χ3n) is 4.35. The lowest BCUT2D eigenvalue weighted by atomic mass is 9.93. The fourth-order valence-corrected chi connectivity index (χ4v) is 3.23. The van der Waals surface area contributed by atoms with Gasteiger partial charge in [0.25, 0.3) is 5.56 Å². The molecule has 0 aliphatic heterocycles. The van der Waals surface area contributed by atoms with Crippen molar-refractivity contribution >= 4 is 0 Å². The molecule has 2 heterocycles. The van der Waals surface area contributed by atoms with Gasteiger partial charge in [-0.2, -0.15) is 5.10 Å². The van der Waals surface area contributed by atoms with Crippen molar-refractivity contribution in [2.45, 2.75) is 33.7 Å². The van der Waals surface area contributed by atoms with E-state index in [1.54, 1.807) is 11.6 Å². The second-order valence-corrected chi connectivity index (χ2v) is 6.26. The first-order valence-corrected chi connectivity index (χ1v) is 8.51. The van der Waals surface area contributed by atoms with Gasteiger partial charge in [0.05, 0.1) is 12.2 Å². The van der Waals surface area contributed by atoms with Crippen molar-refractivity contribution < 1.29 is 5.11 Å². The van der Waals surface area contributed by atoms with Crippen molar-refractivity contribution in [1.82, 2.24) is 19.6 Å². The topological polar surface area (TPSA) is 75.8 Å². The van der Waals surface area contributed by atoms with Gasteiger partial charge in [0, 0.05) is 18.8 Å². The highest BCUT2D eigenvalue weighted by molar-refractivity contribution is 5.75. The molecule has 0 spiro atoms. The normalized spacial score (nSPS) is 10.6. The van der Waals surface area contributed by atoms with Gasteiger partial charge in [0.1, 0.15) is 5.56 Å². The van der Waals surface area contributed by atoms with Crippen LogP contribution in [0.15, 0.2) is 29.2 Å². The van der Waals surface area contributed by atoms with Crippen molar-refractivity contribution in [2.75, 3.05) is 0 Å². The van der Waals surface area contributed by atoms with Crippen LogP contribution in [0.25, 0.3) is 11.1 Å². The summed E-state index contributed by atoms with van der Waals surface area (Å²) in [4.78, 5) is 12.6. The van der Waals surface area contributed by atoms with Crippen molar-refractivity contribution in [3.63, 3.8) is 0 Å². The monoisotopic (exact) mass is 350 g/mol. The fourth-order valence-electron chi connectivity index (χ4n) is 3.23. The van der Waals surface area contributed by atoms with E-state index in [0.717, 1.165) is 34.4 Å². The second-order valence-electron chi connectivity index (χ2n) is 6.26. The number of rotatable bonds is 4. The highest BCUT2D eigenvalue weighted by Crippen LogP contribution is 2.33. The lowest BCUT2D eigenvalue weighted by Crippen LogP contribution is -2.08. The van der Waals surface area contributed by atoms with E-state index >= 15 is 0 Å². The Morgan fingerprint density at radius 3 is 2.69 bits per heavy atom. The van der Waals surface area contributed by atoms with Crippen LogP contribution in [0, 0.1) is 18.8 Å². The third-order valence-corrected chi connectivity index (χ3v) is 4.35. The number of aromatic hydroxyl groups is 1. The van der Waals surface area contributed by atoms with Crippen LogP contribution < -0.4 is 5.56 Å². The highest BCUT2D eigenvalue weighted by atomic mass is 16.3. The van der Waals surface area contributed by atoms with Gasteiger partial charge in [-0.1, -0.05) is 12.8 Å². The van der Waals surface area contributed by atoms with Gasteiger partial charge in [0.15, 0.2) is 0 Å². The minimum atomic E-state index is -0.314. The minimum Gasteiger partial charge on any atom is -0.493 e. The Bertz CT molecular complexity index is 1070. The molecule has 6 heteroatoms. The maximum absolute atomic E-state index is 12.6. The summed E-state index contributed by atoms with van der Waals surface area (Å²) in [5.74, 6) is 5.88. The Kier molecular flexibility index (Phi) is 4.72. The molecule has 0 aliphatic rings. The summed E-state index contributed by atoms with van der Waals surface area (Å²) in [6.45, 7) is 6.05. The van der Waals surface area contributed by atoms with Gasteiger partial charge in [-0.15, -0.1) is 5.92 Å². The third kappa shape index (κ3) is 3.16. The van der Waals surface area contributed by atoms with Crippen molar-refractivity contribution in [2.24, 2.45) is 7.05 Å². The average molecular weight is 350 g/mol. The minimum absolute atomic E-state index is 0.0761. The molecule has 0 radical (unpaired) electrons. The predicted molar refractivity (Wildman–Crippen MR) is 101 cm³/mol. The summed E-state index contributed by atoms with van der Waals surface area (Å²) in [5.41, 5.74) is 4.32. The van der Waals surface area contributed by atoms with Gasteiger partial charge in [0.2, 0.25) is 5.88 Å². The zero-order valence-corrected chi connectivity index (χ0v) is 15.4. The Labute approximate surface area is 152 Å². The first-order chi connectivity index (χ1) is 12.4. The second kappa shape index (κ2) is 6.96. The molecule has 0 fully saturated rings. The van der Waals surface area contributed by atoms with Crippen LogP contribution in [0.1, 0.15) is 36.2 Å². The first-order valence-electron chi connectivity index (χ1n) is 8.51. The smallest absolute Gasteiger partial charge is 0.275 e. The number of H-pyrrole nitrogens is 1. The Balaban J connectivity index is 2.12. The molecule has 0 saturated carbocycles. The molecule has 0 amide bonds. The molecule has 0 bridgehead atoms. The molecule has 26 heavy (non-hydrogen) atoms. The van der Waals surface area contributed by atoms with Crippen molar-refractivity contribution in [1.29, 1.82) is 0 Å².